The molecule has 3 nitrogen and oxygen atoms in total. The van der Waals surface area contributed by atoms with E-state index in [0.29, 0.717) is 12.5 Å². The molecule has 0 aromatic heterocycles. The number of ether oxygens (including phenoxy) is 1. The number of nitrogens with zero attached hydrogens (tertiary/aromatic N) is 1. The normalized spacial score (nSPS) is 24.1. The Morgan fingerprint density at radius 3 is 2.72 bits per heavy atom. The lowest BCUT2D eigenvalue weighted by atomic mass is 9.99. The molecule has 2 rings (SSSR count). The third kappa shape index (κ3) is 3.10. The van der Waals surface area contributed by atoms with Gasteiger partial charge in [-0.2, -0.15) is 0 Å². The van der Waals surface area contributed by atoms with E-state index in [1.54, 1.807) is 0 Å². The van der Waals surface area contributed by atoms with E-state index in [9.17, 15) is 4.79 Å². The van der Waals surface area contributed by atoms with Crippen molar-refractivity contribution in [2.75, 3.05) is 19.7 Å². The third-order valence-corrected chi connectivity index (χ3v) is 3.53. The summed E-state index contributed by atoms with van der Waals surface area (Å²) in [7, 11) is 0. The van der Waals surface area contributed by atoms with Crippen molar-refractivity contribution in [2.45, 2.75) is 20.4 Å². The average molecular weight is 247 g/mol. The highest BCUT2D eigenvalue weighted by Gasteiger charge is 2.35. The first-order chi connectivity index (χ1) is 8.70. The Labute approximate surface area is 109 Å². The largest absolute Gasteiger partial charge is 0.466 e. The lowest BCUT2D eigenvalue weighted by molar-refractivity contribution is -0.148. The number of carbonyl (C=O) groups excluding carboxylic acids is 1. The Morgan fingerprint density at radius 2 is 2.06 bits per heavy atom. The Balaban J connectivity index is 1.92. The van der Waals surface area contributed by atoms with Crippen LogP contribution < -0.4 is 0 Å². The van der Waals surface area contributed by atoms with Gasteiger partial charge in [-0.3, -0.25) is 9.69 Å². The zero-order valence-corrected chi connectivity index (χ0v) is 11.1. The molecule has 0 N–H and O–H groups in total. The minimum atomic E-state index is -0.0411. The second kappa shape index (κ2) is 6.01. The number of rotatable bonds is 4. The molecule has 98 valence electrons. The van der Waals surface area contributed by atoms with Crippen LogP contribution in [0.25, 0.3) is 0 Å². The van der Waals surface area contributed by atoms with Gasteiger partial charge in [0.1, 0.15) is 0 Å². The molecule has 1 aliphatic rings. The van der Waals surface area contributed by atoms with Gasteiger partial charge in [0, 0.05) is 19.6 Å². The fourth-order valence-electron chi connectivity index (χ4n) is 2.59. The molecule has 1 aromatic carbocycles. The molecule has 1 unspecified atom stereocenters. The first-order valence-electron chi connectivity index (χ1n) is 6.63. The number of benzene rings is 1. The lowest BCUT2D eigenvalue weighted by Crippen LogP contribution is -2.25. The molecular formula is C15H21NO2. The monoisotopic (exact) mass is 247 g/mol. The van der Waals surface area contributed by atoms with E-state index < -0.39 is 0 Å². The molecule has 1 aliphatic heterocycles. The molecule has 1 fully saturated rings. The smallest absolute Gasteiger partial charge is 0.310 e. The molecule has 0 saturated carbocycles. The predicted octanol–water partition coefficient (Wildman–Crippen LogP) is 2.32. The van der Waals surface area contributed by atoms with Crippen LogP contribution in [-0.2, 0) is 16.1 Å². The van der Waals surface area contributed by atoms with Gasteiger partial charge in [-0.05, 0) is 18.4 Å². The molecule has 0 bridgehead atoms. The van der Waals surface area contributed by atoms with E-state index in [2.05, 4.69) is 36.1 Å². The van der Waals surface area contributed by atoms with Crippen LogP contribution in [0, 0.1) is 11.8 Å². The summed E-state index contributed by atoms with van der Waals surface area (Å²) in [4.78, 5) is 14.1. The molecule has 0 amide bonds. The Morgan fingerprint density at radius 1 is 1.33 bits per heavy atom. The Hall–Kier alpha value is -1.35. The first kappa shape index (κ1) is 13.1. The van der Waals surface area contributed by atoms with Crippen molar-refractivity contribution in [1.82, 2.24) is 4.90 Å². The van der Waals surface area contributed by atoms with E-state index in [1.165, 1.54) is 5.56 Å². The highest BCUT2D eigenvalue weighted by Crippen LogP contribution is 2.25. The van der Waals surface area contributed by atoms with Gasteiger partial charge in [0.15, 0.2) is 0 Å². The topological polar surface area (TPSA) is 29.5 Å². The minimum Gasteiger partial charge on any atom is -0.466 e. The molecule has 0 radical (unpaired) electrons. The minimum absolute atomic E-state index is 0.0358. The molecule has 0 spiro atoms. The summed E-state index contributed by atoms with van der Waals surface area (Å²) in [6.07, 6.45) is 0. The first-order valence-corrected chi connectivity index (χ1v) is 6.63. The number of carbonyl (C=O) groups is 1. The molecular weight excluding hydrogens is 226 g/mol. The van der Waals surface area contributed by atoms with E-state index >= 15 is 0 Å². The van der Waals surface area contributed by atoms with Gasteiger partial charge in [-0.1, -0.05) is 37.3 Å². The summed E-state index contributed by atoms with van der Waals surface area (Å²) in [5.74, 6) is 0.377. The maximum atomic E-state index is 11.8. The second-order valence-corrected chi connectivity index (χ2v) is 5.02. The molecule has 1 aromatic rings. The molecule has 1 saturated heterocycles. The quantitative estimate of drug-likeness (QED) is 0.765. The average Bonchev–Trinajstić information content (AvgIpc) is 2.72. The molecule has 0 aliphatic carbocycles. The number of likely N-dealkylation sites (tertiary alicyclic amines) is 1. The van der Waals surface area contributed by atoms with Gasteiger partial charge in [-0.25, -0.2) is 0 Å². The molecule has 3 heteroatoms. The second-order valence-electron chi connectivity index (χ2n) is 5.02. The van der Waals surface area contributed by atoms with Crippen LogP contribution in [-0.4, -0.2) is 30.6 Å². The van der Waals surface area contributed by atoms with Crippen molar-refractivity contribution in [3.63, 3.8) is 0 Å². The SMILES string of the molecule is CCOC(=O)[C@H]1CN(Cc2ccccc2)CC1C. The van der Waals surface area contributed by atoms with Crippen LogP contribution in [0.4, 0.5) is 0 Å². The maximum absolute atomic E-state index is 11.8. The fraction of sp³-hybridized carbons (Fsp3) is 0.533. The Kier molecular flexibility index (Phi) is 4.37. The Bertz CT molecular complexity index is 391. The third-order valence-electron chi connectivity index (χ3n) is 3.53. The number of esters is 1. The maximum Gasteiger partial charge on any atom is 0.310 e. The zero-order chi connectivity index (χ0) is 13.0. The summed E-state index contributed by atoms with van der Waals surface area (Å²) in [6, 6.07) is 10.4. The summed E-state index contributed by atoms with van der Waals surface area (Å²) >= 11 is 0. The van der Waals surface area contributed by atoms with Gasteiger partial charge in [0.05, 0.1) is 12.5 Å². The van der Waals surface area contributed by atoms with Crippen LogP contribution in [0.1, 0.15) is 19.4 Å². The van der Waals surface area contributed by atoms with Crippen molar-refractivity contribution in [2.24, 2.45) is 11.8 Å². The van der Waals surface area contributed by atoms with Gasteiger partial charge >= 0.3 is 5.97 Å². The summed E-state index contributed by atoms with van der Waals surface area (Å²) in [5.41, 5.74) is 1.30. The van der Waals surface area contributed by atoms with E-state index in [4.69, 9.17) is 4.74 Å². The van der Waals surface area contributed by atoms with Gasteiger partial charge in [0.2, 0.25) is 0 Å². The molecule has 2 atom stereocenters. The van der Waals surface area contributed by atoms with Crippen molar-refractivity contribution >= 4 is 5.97 Å². The lowest BCUT2D eigenvalue weighted by Gasteiger charge is -2.15. The van der Waals surface area contributed by atoms with Crippen molar-refractivity contribution in [1.29, 1.82) is 0 Å². The standard InChI is InChI=1S/C15H21NO2/c1-3-18-15(17)14-11-16(9-12(14)2)10-13-7-5-4-6-8-13/h4-8,12,14H,3,9-11H2,1-2H3/t12?,14-/m0/s1. The van der Waals surface area contributed by atoms with Crippen LogP contribution >= 0.6 is 0 Å². The summed E-state index contributed by atoms with van der Waals surface area (Å²) in [5, 5.41) is 0. The number of hydrogen-bond acceptors (Lipinski definition) is 3. The van der Waals surface area contributed by atoms with Crippen molar-refractivity contribution < 1.29 is 9.53 Å². The van der Waals surface area contributed by atoms with Gasteiger partial charge in [-0.15, -0.1) is 0 Å². The van der Waals surface area contributed by atoms with Crippen LogP contribution in [0.2, 0.25) is 0 Å². The van der Waals surface area contributed by atoms with Crippen molar-refractivity contribution in [3.05, 3.63) is 35.9 Å². The number of hydrogen-bond donors (Lipinski definition) is 0. The van der Waals surface area contributed by atoms with Crippen molar-refractivity contribution in [3.8, 4) is 0 Å². The summed E-state index contributed by atoms with van der Waals surface area (Å²) < 4.78 is 5.13. The van der Waals surface area contributed by atoms with Gasteiger partial charge < -0.3 is 4.74 Å². The van der Waals surface area contributed by atoms with Crippen LogP contribution in [0.3, 0.4) is 0 Å². The van der Waals surface area contributed by atoms with E-state index in [1.807, 2.05) is 13.0 Å². The highest BCUT2D eigenvalue weighted by atomic mass is 16.5. The molecule has 1 heterocycles. The van der Waals surface area contributed by atoms with E-state index in [0.717, 1.165) is 19.6 Å². The fourth-order valence-corrected chi connectivity index (χ4v) is 2.59. The van der Waals surface area contributed by atoms with Gasteiger partial charge in [0.25, 0.3) is 0 Å². The zero-order valence-electron chi connectivity index (χ0n) is 11.1. The van der Waals surface area contributed by atoms with Crippen LogP contribution in [0.5, 0.6) is 0 Å². The van der Waals surface area contributed by atoms with Crippen LogP contribution in [0.15, 0.2) is 30.3 Å². The predicted molar refractivity (Wildman–Crippen MR) is 71.0 cm³/mol. The molecule has 18 heavy (non-hydrogen) atoms. The summed E-state index contributed by atoms with van der Waals surface area (Å²) in [6.45, 7) is 7.17. The van der Waals surface area contributed by atoms with E-state index in [-0.39, 0.29) is 11.9 Å². The highest BCUT2D eigenvalue weighted by molar-refractivity contribution is 5.73.